The molecule has 0 atom stereocenters. The van der Waals surface area contributed by atoms with Crippen molar-refractivity contribution in [3.63, 3.8) is 0 Å². The minimum Gasteiger partial charge on any atom is -0.382 e. The first-order valence-corrected chi connectivity index (χ1v) is 15.7. The van der Waals surface area contributed by atoms with Gasteiger partial charge in [-0.2, -0.15) is 19.8 Å². The average Bonchev–Trinajstić information content (AvgIpc) is 3.78. The highest BCUT2D eigenvalue weighted by Gasteiger charge is 2.29. The van der Waals surface area contributed by atoms with Gasteiger partial charge in [0.25, 0.3) is 0 Å². The van der Waals surface area contributed by atoms with Gasteiger partial charge in [0, 0.05) is 29.5 Å². The first-order chi connectivity index (χ1) is 20.8. The van der Waals surface area contributed by atoms with Crippen LogP contribution in [0.5, 0.6) is 0 Å². The predicted molar refractivity (Wildman–Crippen MR) is 155 cm³/mol. The number of nitrogens with zero attached hydrogens (tertiary/aromatic N) is 7. The van der Waals surface area contributed by atoms with Gasteiger partial charge in [-0.25, -0.2) is 23.1 Å². The molecule has 0 amide bonds. The lowest BCUT2D eigenvalue weighted by Crippen LogP contribution is -2.27. The molecule has 14 nitrogen and oxygen atoms in total. The fourth-order valence-corrected chi connectivity index (χ4v) is 6.39. The lowest BCUT2D eigenvalue weighted by molar-refractivity contribution is -0.0191. The number of rotatable bonds is 11. The number of aromatic amines is 1. The van der Waals surface area contributed by atoms with Crippen LogP contribution < -0.4 is 5.73 Å². The summed E-state index contributed by atoms with van der Waals surface area (Å²) in [6, 6.07) is 9.65. The van der Waals surface area contributed by atoms with Gasteiger partial charge in [0.15, 0.2) is 21.3 Å². The second-order valence-corrected chi connectivity index (χ2v) is 12.4. The number of sulfone groups is 1. The Bertz CT molecular complexity index is 1830. The van der Waals surface area contributed by atoms with E-state index in [1.54, 1.807) is 17.1 Å². The van der Waals surface area contributed by atoms with Crippen molar-refractivity contribution < 1.29 is 22.7 Å². The highest BCUT2D eigenvalue weighted by Crippen LogP contribution is 2.31. The van der Waals surface area contributed by atoms with Crippen LogP contribution in [-0.4, -0.2) is 79.3 Å². The zero-order valence-electron chi connectivity index (χ0n) is 23.5. The number of nitrogens with two attached hydrogens (primary N) is 1. The summed E-state index contributed by atoms with van der Waals surface area (Å²) in [7, 11) is -3.75. The number of nitrogens with one attached hydrogen (secondary N) is 1. The number of Topliss-reactive ketones (excluding diaryl/α,β-unsaturated/α-hetero) is 1. The summed E-state index contributed by atoms with van der Waals surface area (Å²) in [5, 5.41) is 15.2. The summed E-state index contributed by atoms with van der Waals surface area (Å²) >= 11 is 0. The Kier molecular flexibility index (Phi) is 8.01. The summed E-state index contributed by atoms with van der Waals surface area (Å²) in [4.78, 5) is 21.0. The minimum atomic E-state index is -3.75. The zero-order valence-corrected chi connectivity index (χ0v) is 24.3. The van der Waals surface area contributed by atoms with Gasteiger partial charge in [-0.1, -0.05) is 18.2 Å². The number of aromatic nitrogens is 8. The Morgan fingerprint density at radius 3 is 2.60 bits per heavy atom. The molecule has 0 unspecified atom stereocenters. The third-order valence-corrected chi connectivity index (χ3v) is 8.69. The van der Waals surface area contributed by atoms with E-state index in [4.69, 9.17) is 15.2 Å². The van der Waals surface area contributed by atoms with Gasteiger partial charge < -0.3 is 15.2 Å². The molecule has 1 saturated carbocycles. The number of hydrogen-bond acceptors (Lipinski definition) is 11. The van der Waals surface area contributed by atoms with Crippen molar-refractivity contribution in [1.29, 1.82) is 0 Å². The van der Waals surface area contributed by atoms with Crippen LogP contribution in [0.1, 0.15) is 42.0 Å². The van der Waals surface area contributed by atoms with Gasteiger partial charge in [0.05, 0.1) is 49.7 Å². The van der Waals surface area contributed by atoms with Gasteiger partial charge in [-0.3, -0.25) is 9.89 Å². The van der Waals surface area contributed by atoms with Crippen molar-refractivity contribution in [3.8, 4) is 16.8 Å². The van der Waals surface area contributed by atoms with Crippen LogP contribution in [-0.2, 0) is 25.9 Å². The van der Waals surface area contributed by atoms with E-state index in [2.05, 4.69) is 30.4 Å². The van der Waals surface area contributed by atoms with Crippen LogP contribution >= 0.6 is 0 Å². The van der Waals surface area contributed by atoms with Crippen LogP contribution in [0.2, 0.25) is 0 Å². The third-order valence-electron chi connectivity index (χ3n) is 7.51. The summed E-state index contributed by atoms with van der Waals surface area (Å²) in [5.74, 6) is 0.145. The minimum absolute atomic E-state index is 0.0175. The Hall–Kier alpha value is -4.47. The molecule has 0 bridgehead atoms. The maximum absolute atomic E-state index is 12.7. The molecule has 4 heterocycles. The molecule has 0 spiro atoms. The standard InChI is InChI=1S/C28H31N9O5S/c1-43(39,40)25-23(16-41-11-12-42-21-9-7-18(8-10-21)24(38)27-30-17-31-35-27)34-28-22(14-33-37(28)26(25)29)19-13-32-36(15-19)20-5-3-2-4-6-20/h2-6,13-15,17-18,21H,7-12,16,29H2,1H3,(H,30,31,35). The third kappa shape index (κ3) is 6.04. The number of anilines is 1. The van der Waals surface area contributed by atoms with E-state index in [9.17, 15) is 13.2 Å². The molecular formula is C28H31N9O5S. The number of fused-ring (bicyclic) bond motifs is 1. The van der Waals surface area contributed by atoms with Crippen molar-refractivity contribution in [2.75, 3.05) is 25.2 Å². The smallest absolute Gasteiger partial charge is 0.202 e. The average molecular weight is 606 g/mol. The van der Waals surface area contributed by atoms with Gasteiger partial charge in [0.1, 0.15) is 17.0 Å². The molecule has 224 valence electrons. The largest absolute Gasteiger partial charge is 0.382 e. The first-order valence-electron chi connectivity index (χ1n) is 13.8. The fourth-order valence-electron chi connectivity index (χ4n) is 5.39. The number of ketones is 1. The van der Waals surface area contributed by atoms with Gasteiger partial charge >= 0.3 is 0 Å². The molecule has 3 N–H and O–H groups in total. The maximum Gasteiger partial charge on any atom is 0.202 e. The van der Waals surface area contributed by atoms with E-state index in [1.165, 1.54) is 10.8 Å². The van der Waals surface area contributed by atoms with Crippen molar-refractivity contribution in [1.82, 2.24) is 39.6 Å². The monoisotopic (exact) mass is 605 g/mol. The number of carbonyl (C=O) groups is 1. The van der Waals surface area contributed by atoms with Crippen LogP contribution in [0.15, 0.2) is 60.1 Å². The summed E-state index contributed by atoms with van der Waals surface area (Å²) < 4.78 is 40.3. The van der Waals surface area contributed by atoms with Crippen LogP contribution in [0.3, 0.4) is 0 Å². The lowest BCUT2D eigenvalue weighted by Gasteiger charge is -2.27. The number of hydrogen-bond donors (Lipinski definition) is 2. The molecule has 43 heavy (non-hydrogen) atoms. The van der Waals surface area contributed by atoms with E-state index in [0.29, 0.717) is 36.5 Å². The van der Waals surface area contributed by atoms with Gasteiger partial charge in [-0.15, -0.1) is 0 Å². The van der Waals surface area contributed by atoms with E-state index < -0.39 is 9.84 Å². The first kappa shape index (κ1) is 28.6. The molecule has 0 radical (unpaired) electrons. The second-order valence-electron chi connectivity index (χ2n) is 10.4. The Labute approximate surface area is 247 Å². The zero-order chi connectivity index (χ0) is 30.0. The SMILES string of the molecule is CS(=O)(=O)c1c(COCCOC2CCC(C(=O)c3ncn[nH]3)CC2)nc2c(-c3cnn(-c4ccccc4)c3)cnn2c1N. The topological polar surface area (TPSA) is 185 Å². The Morgan fingerprint density at radius 1 is 1.09 bits per heavy atom. The lowest BCUT2D eigenvalue weighted by atomic mass is 9.84. The van der Waals surface area contributed by atoms with Crippen LogP contribution in [0, 0.1) is 5.92 Å². The second kappa shape index (κ2) is 12.0. The molecular weight excluding hydrogens is 574 g/mol. The van der Waals surface area contributed by atoms with Crippen molar-refractivity contribution >= 4 is 27.1 Å². The number of carbonyl (C=O) groups excluding carboxylic acids is 1. The number of ether oxygens (including phenoxy) is 2. The molecule has 1 aliphatic rings. The molecule has 15 heteroatoms. The summed E-state index contributed by atoms with van der Waals surface area (Å²) in [6.45, 7) is 0.454. The molecule has 1 fully saturated rings. The molecule has 4 aromatic heterocycles. The van der Waals surface area contributed by atoms with Crippen molar-refractivity contribution in [2.45, 2.75) is 43.3 Å². The molecule has 5 aromatic rings. The predicted octanol–water partition coefficient (Wildman–Crippen LogP) is 2.66. The van der Waals surface area contributed by atoms with E-state index in [-0.39, 0.29) is 47.4 Å². The quantitative estimate of drug-likeness (QED) is 0.167. The molecule has 6 rings (SSSR count). The number of benzene rings is 1. The van der Waals surface area contributed by atoms with Gasteiger partial charge in [-0.05, 0) is 37.8 Å². The maximum atomic E-state index is 12.7. The summed E-state index contributed by atoms with van der Waals surface area (Å²) in [6.07, 6.45) is 10.5. The number of nitrogen functional groups attached to an aromatic ring is 1. The Balaban J connectivity index is 1.11. The van der Waals surface area contributed by atoms with Crippen LogP contribution in [0.4, 0.5) is 5.82 Å². The molecule has 0 aliphatic heterocycles. The van der Waals surface area contributed by atoms with E-state index >= 15 is 0 Å². The van der Waals surface area contributed by atoms with E-state index in [1.807, 2.05) is 36.5 Å². The van der Waals surface area contributed by atoms with Gasteiger partial charge in [0.2, 0.25) is 5.78 Å². The fraction of sp³-hybridized carbons (Fsp3) is 0.357. The van der Waals surface area contributed by atoms with Crippen molar-refractivity contribution in [3.05, 3.63) is 66.8 Å². The molecule has 1 aromatic carbocycles. The van der Waals surface area contributed by atoms with Crippen LogP contribution in [0.25, 0.3) is 22.5 Å². The highest BCUT2D eigenvalue weighted by atomic mass is 32.2. The normalized spacial score (nSPS) is 17.4. The van der Waals surface area contributed by atoms with Crippen molar-refractivity contribution in [2.24, 2.45) is 5.92 Å². The molecule has 1 aliphatic carbocycles. The number of para-hydroxylation sites is 1. The Morgan fingerprint density at radius 2 is 1.88 bits per heavy atom. The molecule has 0 saturated heterocycles. The highest BCUT2D eigenvalue weighted by molar-refractivity contribution is 7.91. The number of H-pyrrole nitrogens is 1. The van der Waals surface area contributed by atoms with E-state index in [0.717, 1.165) is 30.3 Å². The summed E-state index contributed by atoms with van der Waals surface area (Å²) in [5.41, 5.74) is 9.20.